The van der Waals surface area contributed by atoms with Gasteiger partial charge in [-0.2, -0.15) is 4.98 Å². The maximum absolute atomic E-state index is 13.2. The van der Waals surface area contributed by atoms with Gasteiger partial charge in [0.05, 0.1) is 6.04 Å². The number of hydrogen-bond acceptors (Lipinski definition) is 3. The van der Waals surface area contributed by atoms with Crippen LogP contribution in [0, 0.1) is 11.7 Å². The minimum Gasteiger partial charge on any atom is -0.330 e. The maximum Gasteiger partial charge on any atom is 0.345 e. The van der Waals surface area contributed by atoms with Crippen LogP contribution in [-0.2, 0) is 6.42 Å². The zero-order valence-corrected chi connectivity index (χ0v) is 14.5. The number of carbonyl (C=O) groups is 1. The van der Waals surface area contributed by atoms with E-state index in [0.717, 1.165) is 24.1 Å². The lowest BCUT2D eigenvalue weighted by Gasteiger charge is -2.25. The Kier molecular flexibility index (Phi) is 4.97. The summed E-state index contributed by atoms with van der Waals surface area (Å²) in [6.07, 6.45) is 2.37. The lowest BCUT2D eigenvalue weighted by Crippen LogP contribution is -2.33. The second kappa shape index (κ2) is 7.17. The number of nitrogens with zero attached hydrogens (tertiary/aromatic N) is 2. The highest BCUT2D eigenvalue weighted by Crippen LogP contribution is 2.32. The molecule has 1 aliphatic heterocycles. The Hall–Kier alpha value is -2.50. The molecule has 1 aromatic heterocycles. The van der Waals surface area contributed by atoms with Gasteiger partial charge in [0, 0.05) is 12.2 Å². The van der Waals surface area contributed by atoms with Gasteiger partial charge >= 0.3 is 5.69 Å². The van der Waals surface area contributed by atoms with Crippen LogP contribution in [0.25, 0.3) is 0 Å². The van der Waals surface area contributed by atoms with Gasteiger partial charge < -0.3 is 9.88 Å². The topological polar surface area (TPSA) is 66.1 Å². The van der Waals surface area contributed by atoms with Crippen LogP contribution in [0.2, 0.25) is 0 Å². The van der Waals surface area contributed by atoms with E-state index in [1.54, 1.807) is 23.1 Å². The number of nitrogens with one attached hydrogen (secondary N) is 1. The number of rotatable bonds is 4. The van der Waals surface area contributed by atoms with Gasteiger partial charge in [0.2, 0.25) is 0 Å². The quantitative estimate of drug-likeness (QED) is 0.928. The van der Waals surface area contributed by atoms with E-state index in [4.69, 9.17) is 0 Å². The standard InChI is InChI=1S/C19H22FN3O2/c1-12(2)10-15-11-16(22-19(25)21-15)18(24)23-9-3-4-17(23)13-5-7-14(20)8-6-13/h5-8,11-12,17H,3-4,9-10H2,1-2H3,(H,21,22,25)/t17-/m1/s1. The SMILES string of the molecule is CC(C)Cc1cc(C(=O)N2CCC[C@@H]2c2ccc(F)cc2)nc(=O)[nH]1. The minimum atomic E-state index is -0.501. The summed E-state index contributed by atoms with van der Waals surface area (Å²) in [5, 5.41) is 0. The van der Waals surface area contributed by atoms with Crippen molar-refractivity contribution in [1.29, 1.82) is 0 Å². The van der Waals surface area contributed by atoms with Crippen molar-refractivity contribution in [2.75, 3.05) is 6.54 Å². The fourth-order valence-corrected chi connectivity index (χ4v) is 3.36. The molecule has 0 saturated carbocycles. The zero-order valence-electron chi connectivity index (χ0n) is 14.5. The van der Waals surface area contributed by atoms with E-state index in [-0.39, 0.29) is 23.5 Å². The average Bonchev–Trinajstić information content (AvgIpc) is 3.03. The molecule has 1 amide bonds. The molecule has 0 aliphatic carbocycles. The molecule has 25 heavy (non-hydrogen) atoms. The number of aromatic nitrogens is 2. The number of halogens is 1. The predicted molar refractivity (Wildman–Crippen MR) is 92.8 cm³/mol. The first-order valence-electron chi connectivity index (χ1n) is 8.60. The molecular formula is C19H22FN3O2. The number of aromatic amines is 1. The first-order chi connectivity index (χ1) is 11.9. The van der Waals surface area contributed by atoms with Crippen LogP contribution >= 0.6 is 0 Å². The summed E-state index contributed by atoms with van der Waals surface area (Å²) < 4.78 is 13.2. The van der Waals surface area contributed by atoms with Crippen molar-refractivity contribution in [3.8, 4) is 0 Å². The van der Waals surface area contributed by atoms with Gasteiger partial charge in [-0.05, 0) is 48.9 Å². The maximum atomic E-state index is 13.2. The molecule has 1 saturated heterocycles. The van der Waals surface area contributed by atoms with Crippen LogP contribution in [0.15, 0.2) is 35.1 Å². The molecule has 1 atom stereocenters. The Morgan fingerprint density at radius 3 is 2.76 bits per heavy atom. The van der Waals surface area contributed by atoms with Crippen molar-refractivity contribution >= 4 is 5.91 Å². The molecule has 3 rings (SSSR count). The summed E-state index contributed by atoms with van der Waals surface area (Å²) in [4.78, 5) is 33.0. The highest BCUT2D eigenvalue weighted by atomic mass is 19.1. The summed E-state index contributed by atoms with van der Waals surface area (Å²) in [5.74, 6) is -0.183. The summed E-state index contributed by atoms with van der Waals surface area (Å²) >= 11 is 0. The van der Waals surface area contributed by atoms with Crippen molar-refractivity contribution in [2.45, 2.75) is 39.2 Å². The molecule has 5 nitrogen and oxygen atoms in total. The summed E-state index contributed by atoms with van der Waals surface area (Å²) in [7, 11) is 0. The van der Waals surface area contributed by atoms with Crippen molar-refractivity contribution in [3.05, 3.63) is 63.6 Å². The van der Waals surface area contributed by atoms with E-state index >= 15 is 0 Å². The fourth-order valence-electron chi connectivity index (χ4n) is 3.36. The Labute approximate surface area is 145 Å². The van der Waals surface area contributed by atoms with Gasteiger partial charge in [-0.3, -0.25) is 4.79 Å². The largest absolute Gasteiger partial charge is 0.345 e. The molecule has 0 spiro atoms. The van der Waals surface area contributed by atoms with Crippen LogP contribution in [0.5, 0.6) is 0 Å². The third-order valence-corrected chi connectivity index (χ3v) is 4.42. The molecule has 0 unspecified atom stereocenters. The summed E-state index contributed by atoms with van der Waals surface area (Å²) in [6.45, 7) is 4.70. The molecule has 0 bridgehead atoms. The van der Waals surface area contributed by atoms with Crippen LogP contribution in [0.3, 0.4) is 0 Å². The van der Waals surface area contributed by atoms with Crippen LogP contribution in [0.4, 0.5) is 4.39 Å². The van der Waals surface area contributed by atoms with E-state index in [1.165, 1.54) is 12.1 Å². The van der Waals surface area contributed by atoms with Gasteiger partial charge in [0.15, 0.2) is 0 Å². The van der Waals surface area contributed by atoms with Crippen LogP contribution < -0.4 is 5.69 Å². The van der Waals surface area contributed by atoms with Crippen LogP contribution in [0.1, 0.15) is 54.5 Å². The number of benzene rings is 1. The molecule has 1 N–H and O–H groups in total. The lowest BCUT2D eigenvalue weighted by molar-refractivity contribution is 0.0729. The Balaban J connectivity index is 1.87. The van der Waals surface area contributed by atoms with E-state index < -0.39 is 5.69 Å². The lowest BCUT2D eigenvalue weighted by atomic mass is 10.0. The number of amides is 1. The minimum absolute atomic E-state index is 0.109. The van der Waals surface area contributed by atoms with Crippen molar-refractivity contribution in [1.82, 2.24) is 14.9 Å². The number of carbonyl (C=O) groups excluding carboxylic acids is 1. The van der Waals surface area contributed by atoms with Crippen LogP contribution in [-0.4, -0.2) is 27.3 Å². The zero-order chi connectivity index (χ0) is 18.0. The van der Waals surface area contributed by atoms with Crippen molar-refractivity contribution < 1.29 is 9.18 Å². The second-order valence-corrected chi connectivity index (χ2v) is 6.90. The normalized spacial score (nSPS) is 17.3. The molecule has 0 radical (unpaired) electrons. The van der Waals surface area contributed by atoms with Gasteiger partial charge in [0.25, 0.3) is 5.91 Å². The number of H-pyrrole nitrogens is 1. The Morgan fingerprint density at radius 2 is 2.08 bits per heavy atom. The van der Waals surface area contributed by atoms with E-state index in [9.17, 15) is 14.0 Å². The van der Waals surface area contributed by atoms with E-state index in [1.807, 2.05) is 13.8 Å². The van der Waals surface area contributed by atoms with E-state index in [0.29, 0.717) is 18.9 Å². The summed E-state index contributed by atoms with van der Waals surface area (Å²) in [6, 6.07) is 7.79. The van der Waals surface area contributed by atoms with E-state index in [2.05, 4.69) is 9.97 Å². The number of likely N-dealkylation sites (tertiary alicyclic amines) is 1. The van der Waals surface area contributed by atoms with Gasteiger partial charge in [-0.25, -0.2) is 9.18 Å². The molecule has 6 heteroatoms. The van der Waals surface area contributed by atoms with Crippen molar-refractivity contribution in [3.63, 3.8) is 0 Å². The van der Waals surface area contributed by atoms with Gasteiger partial charge in [-0.1, -0.05) is 26.0 Å². The second-order valence-electron chi connectivity index (χ2n) is 6.90. The molecule has 2 aromatic rings. The molecule has 2 heterocycles. The van der Waals surface area contributed by atoms with Gasteiger partial charge in [-0.15, -0.1) is 0 Å². The molecular weight excluding hydrogens is 321 g/mol. The monoisotopic (exact) mass is 343 g/mol. The third-order valence-electron chi connectivity index (χ3n) is 4.42. The predicted octanol–water partition coefficient (Wildman–Crippen LogP) is 3.08. The average molecular weight is 343 g/mol. The Bertz CT molecular complexity index is 814. The first kappa shape index (κ1) is 17.3. The molecule has 1 aliphatic rings. The highest BCUT2D eigenvalue weighted by molar-refractivity contribution is 5.92. The van der Waals surface area contributed by atoms with Crippen molar-refractivity contribution in [2.24, 2.45) is 5.92 Å². The first-order valence-corrected chi connectivity index (χ1v) is 8.60. The van der Waals surface area contributed by atoms with Gasteiger partial charge in [0.1, 0.15) is 11.5 Å². The Morgan fingerprint density at radius 1 is 1.36 bits per heavy atom. The molecule has 1 aromatic carbocycles. The third kappa shape index (κ3) is 3.95. The fraction of sp³-hybridized carbons (Fsp3) is 0.421. The number of hydrogen-bond donors (Lipinski definition) is 1. The smallest absolute Gasteiger partial charge is 0.330 e. The molecule has 132 valence electrons. The highest BCUT2D eigenvalue weighted by Gasteiger charge is 2.31. The summed E-state index contributed by atoms with van der Waals surface area (Å²) in [5.41, 5.74) is 1.29. The molecule has 1 fully saturated rings.